The molecule has 10 heteroatoms. The van der Waals surface area contributed by atoms with Gasteiger partial charge < -0.3 is 9.64 Å². The minimum absolute atomic E-state index is 0.0830. The van der Waals surface area contributed by atoms with Gasteiger partial charge >= 0.3 is 5.51 Å². The van der Waals surface area contributed by atoms with Crippen molar-refractivity contribution < 1.29 is 30.7 Å². The topological polar surface area (TPSA) is 49.9 Å². The fraction of sp³-hybridized carbons (Fsp3) is 0.647. The number of alkyl halides is 3. The number of hydrogen-bond donors (Lipinski definition) is 0. The number of nitrogens with zero attached hydrogens (tertiary/aromatic N) is 2. The van der Waals surface area contributed by atoms with Crippen LogP contribution in [0.25, 0.3) is 0 Å². The molecule has 0 spiro atoms. The number of piperidine rings is 1. The first-order valence-corrected chi connectivity index (χ1v) is 10.3. The largest absolute Gasteiger partial charge is 0.501 e. The lowest BCUT2D eigenvalue weighted by Crippen LogP contribution is -2.45. The summed E-state index contributed by atoms with van der Waals surface area (Å²) in [6, 6.07) is 2.59. The van der Waals surface area contributed by atoms with Gasteiger partial charge in [0.2, 0.25) is 0 Å². The van der Waals surface area contributed by atoms with E-state index >= 15 is 0 Å². The Kier molecular flexibility index (Phi) is 5.97. The van der Waals surface area contributed by atoms with E-state index in [2.05, 4.69) is 4.90 Å². The fourth-order valence-corrected chi connectivity index (χ4v) is 4.66. The quantitative estimate of drug-likeness (QED) is 0.715. The van der Waals surface area contributed by atoms with Crippen LogP contribution in [0.15, 0.2) is 23.1 Å². The third kappa shape index (κ3) is 4.55. The van der Waals surface area contributed by atoms with Crippen LogP contribution >= 0.6 is 0 Å². The molecule has 1 aromatic rings. The first-order chi connectivity index (χ1) is 12.7. The van der Waals surface area contributed by atoms with Crippen LogP contribution in [0.4, 0.5) is 23.2 Å². The molecule has 5 nitrogen and oxygen atoms in total. The molecule has 1 aromatic carbocycles. The Bertz CT molecular complexity index is 764. The van der Waals surface area contributed by atoms with E-state index in [0.717, 1.165) is 44.6 Å². The van der Waals surface area contributed by atoms with E-state index in [-0.39, 0.29) is 11.6 Å². The maximum atomic E-state index is 13.5. The smallest absolute Gasteiger partial charge is 0.379 e. The van der Waals surface area contributed by atoms with Gasteiger partial charge in [-0.25, -0.2) is 12.8 Å². The highest BCUT2D eigenvalue weighted by Crippen LogP contribution is 2.37. The molecule has 0 radical (unpaired) electrons. The number of anilines is 1. The zero-order valence-electron chi connectivity index (χ0n) is 14.7. The van der Waals surface area contributed by atoms with Crippen LogP contribution in [-0.4, -0.2) is 64.8 Å². The molecular weight excluding hydrogens is 388 g/mol. The van der Waals surface area contributed by atoms with E-state index in [0.29, 0.717) is 32.4 Å². The Morgan fingerprint density at radius 3 is 2.52 bits per heavy atom. The molecule has 0 amide bonds. The molecule has 1 atom stereocenters. The summed E-state index contributed by atoms with van der Waals surface area (Å²) < 4.78 is 81.8. The highest BCUT2D eigenvalue weighted by molar-refractivity contribution is 7.92. The summed E-state index contributed by atoms with van der Waals surface area (Å²) >= 11 is 0. The van der Waals surface area contributed by atoms with Crippen LogP contribution in [0, 0.1) is 11.7 Å². The molecule has 0 aromatic heterocycles. The number of benzene rings is 1. The van der Waals surface area contributed by atoms with Gasteiger partial charge in [0.15, 0.2) is 0 Å². The SMILES string of the molecule is O=S(=O)(c1cc(F)ccc1N1CCCC(CN2CCOCC2)C1)C(F)(F)F. The second kappa shape index (κ2) is 7.92. The molecule has 1 unspecified atom stereocenters. The molecule has 2 aliphatic rings. The monoisotopic (exact) mass is 410 g/mol. The Hall–Kier alpha value is -1.39. The first-order valence-electron chi connectivity index (χ1n) is 8.84. The van der Waals surface area contributed by atoms with Gasteiger partial charge in [-0.3, -0.25) is 4.90 Å². The molecule has 0 aliphatic carbocycles. The van der Waals surface area contributed by atoms with Crippen molar-refractivity contribution in [2.75, 3.05) is 50.8 Å². The second-order valence-electron chi connectivity index (χ2n) is 6.93. The van der Waals surface area contributed by atoms with E-state index < -0.39 is 26.1 Å². The van der Waals surface area contributed by atoms with Gasteiger partial charge in [0.1, 0.15) is 10.7 Å². The minimum Gasteiger partial charge on any atom is -0.379 e. The summed E-state index contributed by atoms with van der Waals surface area (Å²) in [7, 11) is -5.63. The lowest BCUT2D eigenvalue weighted by atomic mass is 9.96. The van der Waals surface area contributed by atoms with Crippen LogP contribution in [0.3, 0.4) is 0 Å². The van der Waals surface area contributed by atoms with Crippen molar-refractivity contribution >= 4 is 15.5 Å². The summed E-state index contributed by atoms with van der Waals surface area (Å²) in [4.78, 5) is 2.87. The van der Waals surface area contributed by atoms with Gasteiger partial charge in [-0.2, -0.15) is 13.2 Å². The Balaban J connectivity index is 1.83. The maximum absolute atomic E-state index is 13.5. The van der Waals surface area contributed by atoms with Crippen molar-refractivity contribution in [3.8, 4) is 0 Å². The van der Waals surface area contributed by atoms with Crippen molar-refractivity contribution in [2.45, 2.75) is 23.2 Å². The number of hydrogen-bond acceptors (Lipinski definition) is 5. The predicted molar refractivity (Wildman–Crippen MR) is 91.8 cm³/mol. The van der Waals surface area contributed by atoms with Crippen LogP contribution < -0.4 is 4.90 Å². The fourth-order valence-electron chi connectivity index (χ4n) is 3.67. The Labute approximate surface area is 155 Å². The molecule has 2 heterocycles. The van der Waals surface area contributed by atoms with Crippen LogP contribution in [0.5, 0.6) is 0 Å². The van der Waals surface area contributed by atoms with Crippen LogP contribution in [0.1, 0.15) is 12.8 Å². The van der Waals surface area contributed by atoms with Crippen LogP contribution in [0.2, 0.25) is 0 Å². The average Bonchev–Trinajstić information content (AvgIpc) is 2.62. The van der Waals surface area contributed by atoms with Crippen LogP contribution in [-0.2, 0) is 14.6 Å². The van der Waals surface area contributed by atoms with Gasteiger partial charge in [-0.1, -0.05) is 0 Å². The third-order valence-corrected chi connectivity index (χ3v) is 6.51. The average molecular weight is 410 g/mol. The maximum Gasteiger partial charge on any atom is 0.501 e. The van der Waals surface area contributed by atoms with E-state index in [9.17, 15) is 26.0 Å². The highest BCUT2D eigenvalue weighted by atomic mass is 32.2. The van der Waals surface area contributed by atoms with E-state index in [1.165, 1.54) is 0 Å². The summed E-state index contributed by atoms with van der Waals surface area (Å²) in [6.45, 7) is 4.57. The van der Waals surface area contributed by atoms with Crippen molar-refractivity contribution in [1.29, 1.82) is 0 Å². The molecule has 0 saturated carbocycles. The summed E-state index contributed by atoms with van der Waals surface area (Å²) in [5.74, 6) is -0.813. The molecule has 152 valence electrons. The normalized spacial score (nSPS) is 22.8. The van der Waals surface area contributed by atoms with Crippen molar-refractivity contribution in [3.05, 3.63) is 24.0 Å². The summed E-state index contributed by atoms with van der Waals surface area (Å²) in [5, 5.41) is 0. The standard InChI is InChI=1S/C17H22F4N2O3S/c18-14-3-4-15(16(10-14)27(24,25)17(19,20)21)23-5-1-2-13(12-23)11-22-6-8-26-9-7-22/h3-4,10,13H,1-2,5-9,11-12H2. The van der Waals surface area contributed by atoms with Crippen molar-refractivity contribution in [3.63, 3.8) is 0 Å². The molecule has 2 fully saturated rings. The molecule has 3 rings (SSSR count). The number of morpholine rings is 1. The van der Waals surface area contributed by atoms with Crippen molar-refractivity contribution in [2.24, 2.45) is 5.92 Å². The molecule has 2 aliphatic heterocycles. The molecule has 0 bridgehead atoms. The van der Waals surface area contributed by atoms with Gasteiger partial charge in [-0.15, -0.1) is 0 Å². The number of rotatable bonds is 4. The van der Waals surface area contributed by atoms with Gasteiger partial charge in [0.25, 0.3) is 9.84 Å². The number of ether oxygens (including phenoxy) is 1. The first kappa shape index (κ1) is 20.3. The second-order valence-corrected chi connectivity index (χ2v) is 8.84. The van der Waals surface area contributed by atoms with Gasteiger partial charge in [-0.05, 0) is 37.0 Å². The lowest BCUT2D eigenvalue weighted by Gasteiger charge is -2.38. The minimum atomic E-state index is -5.63. The van der Waals surface area contributed by atoms with Gasteiger partial charge in [0, 0.05) is 32.7 Å². The molecule has 2 saturated heterocycles. The number of sulfone groups is 1. The summed E-state index contributed by atoms with van der Waals surface area (Å²) in [6.07, 6.45) is 1.65. The molecule has 27 heavy (non-hydrogen) atoms. The van der Waals surface area contributed by atoms with E-state index in [4.69, 9.17) is 4.74 Å². The Morgan fingerprint density at radius 1 is 1.15 bits per heavy atom. The zero-order chi connectivity index (χ0) is 19.7. The molecule has 0 N–H and O–H groups in total. The zero-order valence-corrected chi connectivity index (χ0v) is 15.5. The highest BCUT2D eigenvalue weighted by Gasteiger charge is 2.48. The molecular formula is C17H22F4N2O3S. The Morgan fingerprint density at radius 2 is 1.85 bits per heavy atom. The third-order valence-electron chi connectivity index (χ3n) is 5.00. The van der Waals surface area contributed by atoms with E-state index in [1.54, 1.807) is 4.90 Å². The van der Waals surface area contributed by atoms with Gasteiger partial charge in [0.05, 0.1) is 18.9 Å². The summed E-state index contributed by atoms with van der Waals surface area (Å²) in [5.41, 5.74) is -5.56. The lowest BCUT2D eigenvalue weighted by molar-refractivity contribution is -0.0435. The van der Waals surface area contributed by atoms with Crippen molar-refractivity contribution in [1.82, 2.24) is 4.90 Å². The number of halogens is 4. The van der Waals surface area contributed by atoms with E-state index in [1.807, 2.05) is 0 Å². The predicted octanol–water partition coefficient (Wildman–Crippen LogP) is 2.67.